The lowest BCUT2D eigenvalue weighted by molar-refractivity contribution is 0.482. The van der Waals surface area contributed by atoms with Crippen molar-refractivity contribution in [3.8, 4) is 68.3 Å². The molecular formula is C36H26N4O2. The summed E-state index contributed by atoms with van der Waals surface area (Å²) >= 11 is 0. The molecule has 0 aliphatic heterocycles. The number of aromatic amines is 2. The lowest BCUT2D eigenvalue weighted by Gasteiger charge is -2.06. The molecule has 0 fully saturated rings. The molecule has 2 heterocycles. The average Bonchev–Trinajstić information content (AvgIpc) is 3.74. The minimum Gasteiger partial charge on any atom is -0.457 e. The van der Waals surface area contributed by atoms with Gasteiger partial charge in [-0.15, -0.1) is 0 Å². The molecule has 0 saturated heterocycles. The maximum Gasteiger partial charge on any atom is 0.137 e. The van der Waals surface area contributed by atoms with Crippen molar-refractivity contribution in [2.24, 2.45) is 0 Å². The summed E-state index contributed by atoms with van der Waals surface area (Å²) in [6.45, 7) is 0. The van der Waals surface area contributed by atoms with Crippen molar-refractivity contribution >= 4 is 0 Å². The summed E-state index contributed by atoms with van der Waals surface area (Å²) in [6.07, 6.45) is 3.70. The largest absolute Gasteiger partial charge is 0.457 e. The molecule has 0 saturated carbocycles. The predicted molar refractivity (Wildman–Crippen MR) is 166 cm³/mol. The van der Waals surface area contributed by atoms with Gasteiger partial charge in [0.15, 0.2) is 0 Å². The van der Waals surface area contributed by atoms with Crippen molar-refractivity contribution in [3.63, 3.8) is 0 Å². The van der Waals surface area contributed by atoms with Gasteiger partial charge in [0.05, 0.1) is 23.8 Å². The van der Waals surface area contributed by atoms with E-state index >= 15 is 0 Å². The Hall–Kier alpha value is -5.88. The van der Waals surface area contributed by atoms with Gasteiger partial charge in [-0.2, -0.15) is 0 Å². The van der Waals surface area contributed by atoms with Gasteiger partial charge in [-0.1, -0.05) is 60.7 Å². The van der Waals surface area contributed by atoms with E-state index in [1.54, 1.807) is 0 Å². The summed E-state index contributed by atoms with van der Waals surface area (Å²) < 4.78 is 11.8. The normalized spacial score (nSPS) is 10.9. The zero-order chi connectivity index (χ0) is 28.1. The van der Waals surface area contributed by atoms with Crippen molar-refractivity contribution in [2.75, 3.05) is 0 Å². The Kier molecular flexibility index (Phi) is 6.76. The van der Waals surface area contributed by atoms with Gasteiger partial charge in [-0.3, -0.25) is 0 Å². The quantitative estimate of drug-likeness (QED) is 0.199. The number of nitrogens with one attached hydrogen (secondary N) is 2. The Morgan fingerprint density at radius 1 is 0.357 bits per heavy atom. The number of imidazole rings is 2. The Balaban J connectivity index is 1.02. The Morgan fingerprint density at radius 2 is 0.690 bits per heavy atom. The highest BCUT2D eigenvalue weighted by molar-refractivity contribution is 5.69. The Labute approximate surface area is 243 Å². The van der Waals surface area contributed by atoms with Crippen LogP contribution in [0.4, 0.5) is 0 Å². The molecule has 0 bridgehead atoms. The van der Waals surface area contributed by atoms with E-state index in [2.05, 4.69) is 19.9 Å². The fourth-order valence-electron chi connectivity index (χ4n) is 4.67. The van der Waals surface area contributed by atoms with Crippen LogP contribution in [-0.4, -0.2) is 19.9 Å². The lowest BCUT2D eigenvalue weighted by atomic mass is 10.1. The third kappa shape index (κ3) is 5.55. The summed E-state index contributed by atoms with van der Waals surface area (Å²) in [5.74, 6) is 4.81. The Morgan fingerprint density at radius 3 is 1.07 bits per heavy atom. The highest BCUT2D eigenvalue weighted by Crippen LogP contribution is 2.29. The number of para-hydroxylation sites is 2. The van der Waals surface area contributed by atoms with Crippen LogP contribution in [0.1, 0.15) is 0 Å². The molecule has 0 aliphatic rings. The molecule has 0 spiro atoms. The molecule has 5 aromatic carbocycles. The zero-order valence-electron chi connectivity index (χ0n) is 22.6. The van der Waals surface area contributed by atoms with Crippen molar-refractivity contribution in [2.45, 2.75) is 0 Å². The van der Waals surface area contributed by atoms with Crippen molar-refractivity contribution in [1.82, 2.24) is 19.9 Å². The van der Waals surface area contributed by atoms with Gasteiger partial charge < -0.3 is 19.4 Å². The van der Waals surface area contributed by atoms with Crippen molar-refractivity contribution in [1.29, 1.82) is 0 Å². The summed E-state index contributed by atoms with van der Waals surface area (Å²) in [5.41, 5.74) is 5.94. The molecule has 6 heteroatoms. The molecule has 2 aromatic heterocycles. The first-order chi connectivity index (χ1) is 20.8. The second kappa shape index (κ2) is 11.3. The lowest BCUT2D eigenvalue weighted by Crippen LogP contribution is -1.86. The van der Waals surface area contributed by atoms with E-state index < -0.39 is 0 Å². The average molecular weight is 547 g/mol. The molecule has 202 valence electrons. The molecule has 7 aromatic rings. The first-order valence-corrected chi connectivity index (χ1v) is 13.6. The van der Waals surface area contributed by atoms with Gasteiger partial charge >= 0.3 is 0 Å². The highest BCUT2D eigenvalue weighted by Gasteiger charge is 2.10. The predicted octanol–water partition coefficient (Wildman–Crippen LogP) is 9.39. The number of ether oxygens (including phenoxy) is 2. The van der Waals surface area contributed by atoms with E-state index in [9.17, 15) is 0 Å². The molecular weight excluding hydrogens is 520 g/mol. The standard InChI is InChI=1S/C36H26N4O2/c1-3-7-29(8-4-1)41-31-19-15-25(16-20-31)33-23-37-35(39-33)27-11-13-28(14-12-27)36-38-24-34(40-36)26-17-21-32(22-18-26)42-30-9-5-2-6-10-30/h1-24H,(H,37,39)(H,38,40). The summed E-state index contributed by atoms with van der Waals surface area (Å²) in [6, 6.07) is 43.6. The molecule has 42 heavy (non-hydrogen) atoms. The van der Waals surface area contributed by atoms with Crippen molar-refractivity contribution < 1.29 is 9.47 Å². The summed E-state index contributed by atoms with van der Waals surface area (Å²) in [4.78, 5) is 16.1. The van der Waals surface area contributed by atoms with E-state index in [0.29, 0.717) is 0 Å². The van der Waals surface area contributed by atoms with Crippen molar-refractivity contribution in [3.05, 3.63) is 146 Å². The van der Waals surface area contributed by atoms with E-state index in [0.717, 1.165) is 68.3 Å². The van der Waals surface area contributed by atoms with Crippen LogP contribution in [0.25, 0.3) is 45.3 Å². The van der Waals surface area contributed by atoms with Gasteiger partial charge in [-0.05, 0) is 83.9 Å². The topological polar surface area (TPSA) is 75.8 Å². The highest BCUT2D eigenvalue weighted by atomic mass is 16.5. The smallest absolute Gasteiger partial charge is 0.137 e. The van der Waals surface area contributed by atoms with E-state index in [-0.39, 0.29) is 0 Å². The van der Waals surface area contributed by atoms with Crippen LogP contribution in [-0.2, 0) is 0 Å². The van der Waals surface area contributed by atoms with Crippen LogP contribution in [0.2, 0.25) is 0 Å². The van der Waals surface area contributed by atoms with E-state index in [1.165, 1.54) is 0 Å². The number of hydrogen-bond acceptors (Lipinski definition) is 4. The van der Waals surface area contributed by atoms with Crippen LogP contribution in [0.15, 0.2) is 146 Å². The second-order valence-corrected chi connectivity index (χ2v) is 9.75. The number of hydrogen-bond donors (Lipinski definition) is 2. The van der Waals surface area contributed by atoms with Crippen LogP contribution in [0.3, 0.4) is 0 Å². The molecule has 0 unspecified atom stereocenters. The number of benzene rings is 5. The molecule has 7 rings (SSSR count). The number of nitrogens with zero attached hydrogens (tertiary/aromatic N) is 2. The van der Waals surface area contributed by atoms with Gasteiger partial charge in [0, 0.05) is 11.1 Å². The first-order valence-electron chi connectivity index (χ1n) is 13.6. The third-order valence-corrected chi connectivity index (χ3v) is 6.87. The molecule has 0 atom stereocenters. The summed E-state index contributed by atoms with van der Waals surface area (Å²) in [7, 11) is 0. The zero-order valence-corrected chi connectivity index (χ0v) is 22.6. The Bertz CT molecular complexity index is 1750. The second-order valence-electron chi connectivity index (χ2n) is 9.75. The molecule has 2 N–H and O–H groups in total. The fraction of sp³-hybridized carbons (Fsp3) is 0. The SMILES string of the molecule is c1ccc(Oc2ccc(-c3cnc(-c4ccc(-c5ncc(-c6ccc(Oc7ccccc7)cc6)[nH]5)cc4)[nH]3)cc2)cc1. The minimum absolute atomic E-state index is 0.787. The third-order valence-electron chi connectivity index (χ3n) is 6.87. The minimum atomic E-state index is 0.787. The van der Waals surface area contributed by atoms with Gasteiger partial charge in [0.2, 0.25) is 0 Å². The molecule has 0 aliphatic carbocycles. The van der Waals surface area contributed by atoms with Gasteiger partial charge in [0.25, 0.3) is 0 Å². The van der Waals surface area contributed by atoms with Gasteiger partial charge in [-0.25, -0.2) is 9.97 Å². The first kappa shape index (κ1) is 25.1. The van der Waals surface area contributed by atoms with E-state index in [4.69, 9.17) is 9.47 Å². The van der Waals surface area contributed by atoms with Gasteiger partial charge in [0.1, 0.15) is 34.6 Å². The molecule has 6 nitrogen and oxygen atoms in total. The number of aromatic nitrogens is 4. The molecule has 0 amide bonds. The van der Waals surface area contributed by atoms with Crippen LogP contribution >= 0.6 is 0 Å². The summed E-state index contributed by atoms with van der Waals surface area (Å²) in [5, 5.41) is 0. The maximum absolute atomic E-state index is 5.90. The molecule has 0 radical (unpaired) electrons. The van der Waals surface area contributed by atoms with Crippen LogP contribution < -0.4 is 9.47 Å². The maximum atomic E-state index is 5.90. The number of rotatable bonds is 8. The van der Waals surface area contributed by atoms with E-state index in [1.807, 2.05) is 146 Å². The monoisotopic (exact) mass is 546 g/mol. The van der Waals surface area contributed by atoms with Crippen LogP contribution in [0, 0.1) is 0 Å². The fourth-order valence-corrected chi connectivity index (χ4v) is 4.67. The number of H-pyrrole nitrogens is 2. The van der Waals surface area contributed by atoms with Crippen LogP contribution in [0.5, 0.6) is 23.0 Å².